The third-order valence-electron chi connectivity index (χ3n) is 2.73. The fraction of sp³-hybridized carbons (Fsp3) is 0.500. The van der Waals surface area contributed by atoms with Gasteiger partial charge in [-0.1, -0.05) is 0 Å². The molecule has 1 atom stereocenters. The van der Waals surface area contributed by atoms with Crippen LogP contribution in [0.15, 0.2) is 18.3 Å². The van der Waals surface area contributed by atoms with Crippen molar-refractivity contribution in [2.45, 2.75) is 32.4 Å². The van der Waals surface area contributed by atoms with Gasteiger partial charge in [0.2, 0.25) is 0 Å². The normalized spacial score (nSPS) is 13.5. The van der Waals surface area contributed by atoms with E-state index in [9.17, 15) is 5.11 Å². The van der Waals surface area contributed by atoms with E-state index >= 15 is 0 Å². The molecule has 0 amide bonds. The molecule has 0 aliphatic rings. The van der Waals surface area contributed by atoms with Gasteiger partial charge in [0.1, 0.15) is 17.4 Å². The summed E-state index contributed by atoms with van der Waals surface area (Å²) in [4.78, 5) is 8.77. The van der Waals surface area contributed by atoms with E-state index in [1.165, 1.54) is 0 Å². The van der Waals surface area contributed by atoms with E-state index in [1.807, 2.05) is 16.7 Å². The fourth-order valence-corrected chi connectivity index (χ4v) is 1.98. The summed E-state index contributed by atoms with van der Waals surface area (Å²) in [6.45, 7) is 4.54. The van der Waals surface area contributed by atoms with Crippen LogP contribution in [0.4, 0.5) is 0 Å². The molecule has 2 aromatic heterocycles. The lowest BCUT2D eigenvalue weighted by atomic mass is 10.2. The number of nitrogens with zero attached hydrogens (tertiary/aromatic N) is 3. The standard InChI is InChI=1S/C12H18N4O/c1-8(2)16-11-9(4-3-7-14-11)15-12(16)10(17)5-6-13/h3-4,7-8,10,17H,5-6,13H2,1-2H3. The Morgan fingerprint density at radius 3 is 2.88 bits per heavy atom. The summed E-state index contributed by atoms with van der Waals surface area (Å²) >= 11 is 0. The van der Waals surface area contributed by atoms with Gasteiger partial charge in [0.25, 0.3) is 0 Å². The summed E-state index contributed by atoms with van der Waals surface area (Å²) in [6.07, 6.45) is 1.62. The van der Waals surface area contributed by atoms with Crippen molar-refractivity contribution in [3.63, 3.8) is 0 Å². The molecular formula is C12H18N4O. The minimum Gasteiger partial charge on any atom is -0.385 e. The Morgan fingerprint density at radius 2 is 2.24 bits per heavy atom. The SMILES string of the molecule is CC(C)n1c(C(O)CCN)nc2cccnc21. The van der Waals surface area contributed by atoms with Crippen molar-refractivity contribution in [2.24, 2.45) is 5.73 Å². The molecule has 2 aromatic rings. The summed E-state index contributed by atoms with van der Waals surface area (Å²) in [7, 11) is 0. The Morgan fingerprint density at radius 1 is 1.47 bits per heavy atom. The fourth-order valence-electron chi connectivity index (χ4n) is 1.98. The average molecular weight is 234 g/mol. The molecule has 0 fully saturated rings. The van der Waals surface area contributed by atoms with Crippen LogP contribution in [0.3, 0.4) is 0 Å². The van der Waals surface area contributed by atoms with Gasteiger partial charge < -0.3 is 15.4 Å². The van der Waals surface area contributed by atoms with Gasteiger partial charge in [0.15, 0.2) is 5.65 Å². The number of hydrogen-bond donors (Lipinski definition) is 2. The first-order chi connectivity index (χ1) is 8.15. The molecule has 17 heavy (non-hydrogen) atoms. The van der Waals surface area contributed by atoms with Crippen molar-refractivity contribution in [3.05, 3.63) is 24.2 Å². The zero-order valence-electron chi connectivity index (χ0n) is 10.2. The van der Waals surface area contributed by atoms with Crippen LogP contribution in [0.5, 0.6) is 0 Å². The number of aliphatic hydroxyl groups is 1. The molecule has 0 bridgehead atoms. The van der Waals surface area contributed by atoms with Crippen molar-refractivity contribution < 1.29 is 5.11 Å². The van der Waals surface area contributed by atoms with Gasteiger partial charge >= 0.3 is 0 Å². The molecule has 2 heterocycles. The van der Waals surface area contributed by atoms with Gasteiger partial charge in [0, 0.05) is 12.2 Å². The first kappa shape index (κ1) is 12.0. The summed E-state index contributed by atoms with van der Waals surface area (Å²) < 4.78 is 1.97. The van der Waals surface area contributed by atoms with Crippen LogP contribution in [-0.4, -0.2) is 26.2 Å². The van der Waals surface area contributed by atoms with E-state index in [1.54, 1.807) is 6.20 Å². The lowest BCUT2D eigenvalue weighted by Gasteiger charge is -2.15. The molecule has 0 aromatic carbocycles. The highest BCUT2D eigenvalue weighted by Crippen LogP contribution is 2.24. The zero-order chi connectivity index (χ0) is 12.4. The molecule has 1 unspecified atom stereocenters. The Kier molecular flexibility index (Phi) is 3.40. The van der Waals surface area contributed by atoms with E-state index in [0.29, 0.717) is 18.8 Å². The van der Waals surface area contributed by atoms with Crippen LogP contribution in [0, 0.1) is 0 Å². The third kappa shape index (κ3) is 2.16. The van der Waals surface area contributed by atoms with E-state index < -0.39 is 6.10 Å². The number of aromatic nitrogens is 3. The predicted molar refractivity (Wildman–Crippen MR) is 66.5 cm³/mol. The number of nitrogens with two attached hydrogens (primary N) is 1. The Hall–Kier alpha value is -1.46. The van der Waals surface area contributed by atoms with Crippen LogP contribution >= 0.6 is 0 Å². The van der Waals surface area contributed by atoms with E-state index in [4.69, 9.17) is 5.73 Å². The topological polar surface area (TPSA) is 77.0 Å². The van der Waals surface area contributed by atoms with Crippen LogP contribution in [0.2, 0.25) is 0 Å². The number of imidazole rings is 1. The molecule has 0 saturated carbocycles. The molecular weight excluding hydrogens is 216 g/mol. The molecule has 0 spiro atoms. The summed E-state index contributed by atoms with van der Waals surface area (Å²) in [5.41, 5.74) is 7.10. The van der Waals surface area contributed by atoms with Crippen LogP contribution in [0.25, 0.3) is 11.2 Å². The smallest absolute Gasteiger partial charge is 0.160 e. The van der Waals surface area contributed by atoms with Crippen LogP contribution in [-0.2, 0) is 0 Å². The second kappa shape index (κ2) is 4.81. The maximum absolute atomic E-state index is 10.1. The molecule has 2 rings (SSSR count). The minimum absolute atomic E-state index is 0.206. The highest BCUT2D eigenvalue weighted by molar-refractivity contribution is 5.71. The second-order valence-corrected chi connectivity index (χ2v) is 4.37. The van der Waals surface area contributed by atoms with Gasteiger partial charge in [-0.2, -0.15) is 0 Å². The first-order valence-electron chi connectivity index (χ1n) is 5.86. The van der Waals surface area contributed by atoms with Gasteiger partial charge in [-0.25, -0.2) is 9.97 Å². The lowest BCUT2D eigenvalue weighted by Crippen LogP contribution is -2.14. The molecule has 0 radical (unpaired) electrons. The second-order valence-electron chi connectivity index (χ2n) is 4.37. The van der Waals surface area contributed by atoms with E-state index in [-0.39, 0.29) is 6.04 Å². The number of pyridine rings is 1. The molecule has 0 saturated heterocycles. The highest BCUT2D eigenvalue weighted by Gasteiger charge is 2.19. The molecule has 5 nitrogen and oxygen atoms in total. The maximum atomic E-state index is 10.1. The van der Waals surface area contributed by atoms with Crippen LogP contribution < -0.4 is 5.73 Å². The Labute approximate surface area is 100 Å². The van der Waals surface area contributed by atoms with Crippen molar-refractivity contribution in [3.8, 4) is 0 Å². The van der Waals surface area contributed by atoms with Crippen molar-refractivity contribution in [1.82, 2.24) is 14.5 Å². The zero-order valence-corrected chi connectivity index (χ0v) is 10.2. The lowest BCUT2D eigenvalue weighted by molar-refractivity contribution is 0.154. The summed E-state index contributed by atoms with van der Waals surface area (Å²) in [6, 6.07) is 3.95. The quantitative estimate of drug-likeness (QED) is 0.838. The van der Waals surface area contributed by atoms with Crippen molar-refractivity contribution >= 4 is 11.2 Å². The van der Waals surface area contributed by atoms with Gasteiger partial charge in [-0.15, -0.1) is 0 Å². The van der Waals surface area contributed by atoms with Crippen molar-refractivity contribution in [1.29, 1.82) is 0 Å². The molecule has 0 aliphatic carbocycles. The van der Waals surface area contributed by atoms with Gasteiger partial charge in [-0.05, 0) is 38.9 Å². The predicted octanol–water partition coefficient (Wildman–Crippen LogP) is 1.39. The monoisotopic (exact) mass is 234 g/mol. The van der Waals surface area contributed by atoms with Gasteiger partial charge in [0.05, 0.1) is 0 Å². The van der Waals surface area contributed by atoms with Gasteiger partial charge in [-0.3, -0.25) is 0 Å². The van der Waals surface area contributed by atoms with Crippen LogP contribution in [0.1, 0.15) is 38.2 Å². The largest absolute Gasteiger partial charge is 0.385 e. The average Bonchev–Trinajstić information content (AvgIpc) is 2.68. The maximum Gasteiger partial charge on any atom is 0.160 e. The number of rotatable bonds is 4. The summed E-state index contributed by atoms with van der Waals surface area (Å²) in [5, 5.41) is 10.1. The van der Waals surface area contributed by atoms with Crippen molar-refractivity contribution in [2.75, 3.05) is 6.54 Å². The molecule has 3 N–H and O–H groups in total. The molecule has 5 heteroatoms. The minimum atomic E-state index is -0.628. The highest BCUT2D eigenvalue weighted by atomic mass is 16.3. The summed E-state index contributed by atoms with van der Waals surface area (Å²) in [5.74, 6) is 0.652. The van der Waals surface area contributed by atoms with E-state index in [2.05, 4.69) is 23.8 Å². The first-order valence-corrected chi connectivity index (χ1v) is 5.86. The number of aliphatic hydroxyl groups excluding tert-OH is 1. The molecule has 92 valence electrons. The Bertz CT molecular complexity index is 506. The van der Waals surface area contributed by atoms with E-state index in [0.717, 1.165) is 11.2 Å². The molecule has 0 aliphatic heterocycles. The third-order valence-corrected chi connectivity index (χ3v) is 2.73. The Balaban J connectivity index is 2.57. The number of hydrogen-bond acceptors (Lipinski definition) is 4. The number of fused-ring (bicyclic) bond motifs is 1.